The second-order valence-electron chi connectivity index (χ2n) is 7.41. The van der Waals surface area contributed by atoms with Crippen molar-refractivity contribution in [2.24, 2.45) is 0 Å². The molecule has 2 N–H and O–H groups in total. The van der Waals surface area contributed by atoms with Gasteiger partial charge in [-0.15, -0.1) is 0 Å². The molecular formula is C18H32N2O2. The van der Waals surface area contributed by atoms with Gasteiger partial charge in [0, 0.05) is 29.2 Å². The van der Waals surface area contributed by atoms with Gasteiger partial charge in [0.2, 0.25) is 0 Å². The topological polar surface area (TPSA) is 44.7 Å². The van der Waals surface area contributed by atoms with Gasteiger partial charge in [-0.05, 0) is 47.7 Å². The second kappa shape index (κ2) is 7.44. The number of methoxy groups -OCH3 is 1. The minimum Gasteiger partial charge on any atom is -0.496 e. The third kappa shape index (κ3) is 4.97. The maximum Gasteiger partial charge on any atom is 0.123 e. The average molecular weight is 308 g/mol. The standard InChI is InChI=1S/C18H32N2O2/c1-17(2,3)19-14(13-21)12-20(6)18(4,5)15-10-8-9-11-16(15)22-7/h8-11,14,19,21H,12-13H2,1-7H3/t14-/m1/s1. The van der Waals surface area contributed by atoms with Crippen molar-refractivity contribution in [2.75, 3.05) is 27.3 Å². The van der Waals surface area contributed by atoms with Crippen LogP contribution in [0, 0.1) is 0 Å². The zero-order chi connectivity index (χ0) is 17.0. The van der Waals surface area contributed by atoms with Crippen LogP contribution in [0.3, 0.4) is 0 Å². The predicted octanol–water partition coefficient (Wildman–Crippen LogP) is 2.61. The van der Waals surface area contributed by atoms with Crippen LogP contribution in [0.2, 0.25) is 0 Å². The highest BCUT2D eigenvalue weighted by Crippen LogP contribution is 2.33. The Balaban J connectivity index is 2.92. The van der Waals surface area contributed by atoms with E-state index in [1.165, 1.54) is 0 Å². The first-order valence-corrected chi connectivity index (χ1v) is 7.85. The Labute approximate surface area is 135 Å². The number of aliphatic hydroxyl groups excluding tert-OH is 1. The fraction of sp³-hybridized carbons (Fsp3) is 0.667. The Hall–Kier alpha value is -1.10. The third-order valence-corrected chi connectivity index (χ3v) is 4.07. The number of rotatable bonds is 7. The molecule has 0 saturated heterocycles. The quantitative estimate of drug-likeness (QED) is 0.813. The number of hydrogen-bond donors (Lipinski definition) is 2. The third-order valence-electron chi connectivity index (χ3n) is 4.07. The summed E-state index contributed by atoms with van der Waals surface area (Å²) in [6.45, 7) is 11.6. The first-order valence-electron chi connectivity index (χ1n) is 7.85. The van der Waals surface area contributed by atoms with Gasteiger partial charge in [-0.1, -0.05) is 18.2 Å². The summed E-state index contributed by atoms with van der Waals surface area (Å²) in [6.07, 6.45) is 0. The Morgan fingerprint density at radius 3 is 2.27 bits per heavy atom. The smallest absolute Gasteiger partial charge is 0.123 e. The monoisotopic (exact) mass is 308 g/mol. The molecule has 0 aliphatic carbocycles. The molecule has 4 nitrogen and oxygen atoms in total. The molecule has 1 rings (SSSR count). The van der Waals surface area contributed by atoms with Crippen LogP contribution in [-0.2, 0) is 5.54 Å². The molecule has 0 fully saturated rings. The van der Waals surface area contributed by atoms with Gasteiger partial charge < -0.3 is 15.2 Å². The van der Waals surface area contributed by atoms with Crippen molar-refractivity contribution in [3.05, 3.63) is 29.8 Å². The molecule has 0 aromatic heterocycles. The number of ether oxygens (including phenoxy) is 1. The van der Waals surface area contributed by atoms with Crippen LogP contribution in [0.1, 0.15) is 40.2 Å². The zero-order valence-electron chi connectivity index (χ0n) is 15.1. The lowest BCUT2D eigenvalue weighted by Crippen LogP contribution is -2.53. The fourth-order valence-electron chi connectivity index (χ4n) is 2.68. The molecule has 0 unspecified atom stereocenters. The largest absolute Gasteiger partial charge is 0.496 e. The number of nitrogens with one attached hydrogen (secondary N) is 1. The van der Waals surface area contributed by atoms with E-state index < -0.39 is 0 Å². The van der Waals surface area contributed by atoms with E-state index in [0.717, 1.165) is 17.9 Å². The molecule has 0 amide bonds. The van der Waals surface area contributed by atoms with Gasteiger partial charge in [0.05, 0.1) is 13.7 Å². The van der Waals surface area contributed by atoms with Crippen molar-refractivity contribution in [3.8, 4) is 5.75 Å². The van der Waals surface area contributed by atoms with E-state index in [0.29, 0.717) is 0 Å². The van der Waals surface area contributed by atoms with E-state index in [9.17, 15) is 5.11 Å². The number of likely N-dealkylation sites (N-methyl/N-ethyl adjacent to an activating group) is 1. The number of para-hydroxylation sites is 1. The van der Waals surface area contributed by atoms with Crippen molar-refractivity contribution < 1.29 is 9.84 Å². The van der Waals surface area contributed by atoms with Crippen LogP contribution >= 0.6 is 0 Å². The summed E-state index contributed by atoms with van der Waals surface area (Å²) in [5.74, 6) is 0.892. The maximum atomic E-state index is 9.66. The number of aliphatic hydroxyl groups is 1. The van der Waals surface area contributed by atoms with E-state index in [4.69, 9.17) is 4.74 Å². The molecule has 1 atom stereocenters. The van der Waals surface area contributed by atoms with Gasteiger partial charge in [-0.2, -0.15) is 0 Å². The van der Waals surface area contributed by atoms with E-state index in [1.807, 2.05) is 18.2 Å². The summed E-state index contributed by atoms with van der Waals surface area (Å²) in [5.41, 5.74) is 0.926. The van der Waals surface area contributed by atoms with Gasteiger partial charge in [0.15, 0.2) is 0 Å². The van der Waals surface area contributed by atoms with E-state index in [2.05, 4.69) is 57.9 Å². The van der Waals surface area contributed by atoms with Crippen LogP contribution in [0.15, 0.2) is 24.3 Å². The molecule has 0 spiro atoms. The first-order chi connectivity index (χ1) is 10.1. The summed E-state index contributed by atoms with van der Waals surface area (Å²) >= 11 is 0. The summed E-state index contributed by atoms with van der Waals surface area (Å²) in [7, 11) is 3.78. The summed E-state index contributed by atoms with van der Waals surface area (Å²) in [4.78, 5) is 2.25. The van der Waals surface area contributed by atoms with Crippen molar-refractivity contribution >= 4 is 0 Å². The fourth-order valence-corrected chi connectivity index (χ4v) is 2.68. The van der Waals surface area contributed by atoms with E-state index >= 15 is 0 Å². The highest BCUT2D eigenvalue weighted by molar-refractivity contribution is 5.38. The van der Waals surface area contributed by atoms with Gasteiger partial charge in [-0.25, -0.2) is 0 Å². The molecule has 0 saturated carbocycles. The normalized spacial score (nSPS) is 14.2. The van der Waals surface area contributed by atoms with Crippen LogP contribution < -0.4 is 10.1 Å². The Bertz CT molecular complexity index is 466. The molecule has 0 bridgehead atoms. The summed E-state index contributed by atoms with van der Waals surface area (Å²) in [6, 6.07) is 8.13. The second-order valence-corrected chi connectivity index (χ2v) is 7.41. The van der Waals surface area contributed by atoms with Crippen molar-refractivity contribution in [1.82, 2.24) is 10.2 Å². The molecule has 1 aromatic carbocycles. The van der Waals surface area contributed by atoms with Crippen molar-refractivity contribution in [3.63, 3.8) is 0 Å². The number of nitrogens with zero attached hydrogens (tertiary/aromatic N) is 1. The van der Waals surface area contributed by atoms with E-state index in [-0.39, 0.29) is 23.7 Å². The molecule has 4 heteroatoms. The molecule has 0 aliphatic heterocycles. The molecule has 0 heterocycles. The highest BCUT2D eigenvalue weighted by atomic mass is 16.5. The van der Waals surface area contributed by atoms with Gasteiger partial charge in [0.25, 0.3) is 0 Å². The zero-order valence-corrected chi connectivity index (χ0v) is 15.1. The maximum absolute atomic E-state index is 9.66. The molecule has 0 radical (unpaired) electrons. The lowest BCUT2D eigenvalue weighted by molar-refractivity contribution is 0.106. The average Bonchev–Trinajstić information content (AvgIpc) is 2.44. The minimum absolute atomic E-state index is 0.0250. The van der Waals surface area contributed by atoms with Crippen molar-refractivity contribution in [1.29, 1.82) is 0 Å². The van der Waals surface area contributed by atoms with Crippen LogP contribution in [0.4, 0.5) is 0 Å². The van der Waals surface area contributed by atoms with Crippen LogP contribution in [0.25, 0.3) is 0 Å². The Morgan fingerprint density at radius 2 is 1.77 bits per heavy atom. The Kier molecular flexibility index (Phi) is 6.41. The van der Waals surface area contributed by atoms with Crippen LogP contribution in [-0.4, -0.2) is 48.9 Å². The lowest BCUT2D eigenvalue weighted by atomic mass is 9.91. The summed E-state index contributed by atoms with van der Waals surface area (Å²) in [5, 5.41) is 13.1. The lowest BCUT2D eigenvalue weighted by Gasteiger charge is -2.40. The number of benzene rings is 1. The highest BCUT2D eigenvalue weighted by Gasteiger charge is 2.30. The van der Waals surface area contributed by atoms with Gasteiger partial charge in [-0.3, -0.25) is 4.90 Å². The number of hydrogen-bond acceptors (Lipinski definition) is 4. The molecule has 0 aliphatic rings. The Morgan fingerprint density at radius 1 is 1.18 bits per heavy atom. The predicted molar refractivity (Wildman–Crippen MR) is 92.4 cm³/mol. The van der Waals surface area contributed by atoms with Gasteiger partial charge in [0.1, 0.15) is 5.75 Å². The first kappa shape index (κ1) is 18.9. The molecule has 1 aromatic rings. The van der Waals surface area contributed by atoms with E-state index in [1.54, 1.807) is 7.11 Å². The minimum atomic E-state index is -0.195. The SMILES string of the molecule is COc1ccccc1C(C)(C)N(C)C[C@H](CO)NC(C)(C)C. The molecule has 22 heavy (non-hydrogen) atoms. The van der Waals surface area contributed by atoms with Crippen molar-refractivity contribution in [2.45, 2.75) is 51.7 Å². The molecule has 126 valence electrons. The molecular weight excluding hydrogens is 276 g/mol. The van der Waals surface area contributed by atoms with Crippen LogP contribution in [0.5, 0.6) is 5.75 Å². The van der Waals surface area contributed by atoms with Gasteiger partial charge >= 0.3 is 0 Å². The summed E-state index contributed by atoms with van der Waals surface area (Å²) < 4.78 is 5.50.